The van der Waals surface area contributed by atoms with Gasteiger partial charge in [-0.1, -0.05) is 72.2 Å². The summed E-state index contributed by atoms with van der Waals surface area (Å²) in [6, 6.07) is 6.37. The lowest BCUT2D eigenvalue weighted by Crippen LogP contribution is -2.65. The summed E-state index contributed by atoms with van der Waals surface area (Å²) >= 11 is 0. The summed E-state index contributed by atoms with van der Waals surface area (Å²) in [7, 11) is 0. The van der Waals surface area contributed by atoms with Gasteiger partial charge in [0.05, 0.1) is 16.5 Å². The molecule has 1 heterocycles. The molecule has 8 atom stereocenters. The highest BCUT2D eigenvalue weighted by Gasteiger charge is 2.69. The Labute approximate surface area is 306 Å². The van der Waals surface area contributed by atoms with Crippen LogP contribution in [0.15, 0.2) is 35.9 Å². The van der Waals surface area contributed by atoms with Gasteiger partial charge in [-0.25, -0.2) is 9.59 Å². The molecule has 1 aromatic rings. The van der Waals surface area contributed by atoms with E-state index < -0.39 is 17.4 Å². The van der Waals surface area contributed by atoms with E-state index in [2.05, 4.69) is 59.4 Å². The monoisotopic (exact) mass is 701 g/mol. The molecule has 5 fully saturated rings. The van der Waals surface area contributed by atoms with E-state index in [1.54, 1.807) is 23.8 Å². The fourth-order valence-electron chi connectivity index (χ4n) is 13.3. The fourth-order valence-corrected chi connectivity index (χ4v) is 13.3. The molecule has 0 aromatic heterocycles. The van der Waals surface area contributed by atoms with Gasteiger partial charge in [-0.15, -0.1) is 0 Å². The summed E-state index contributed by atoms with van der Waals surface area (Å²) < 4.78 is 12.5. The number of fused-ring (bicyclic) bond motifs is 7. The minimum Gasteiger partial charge on any atom is -0.478 e. The first-order valence-electron chi connectivity index (χ1n) is 20.1. The second-order valence-corrected chi connectivity index (χ2v) is 19.7. The third kappa shape index (κ3) is 5.73. The normalized spacial score (nSPS) is 39.7. The van der Waals surface area contributed by atoms with E-state index in [-0.39, 0.29) is 56.2 Å². The van der Waals surface area contributed by atoms with Gasteiger partial charge in [-0.05, 0) is 142 Å². The summed E-state index contributed by atoms with van der Waals surface area (Å²) in [6.45, 7) is 20.6. The molecule has 280 valence electrons. The van der Waals surface area contributed by atoms with E-state index in [1.807, 2.05) is 0 Å². The number of esters is 2. The maximum Gasteiger partial charge on any atom is 0.339 e. The zero-order valence-electron chi connectivity index (χ0n) is 32.4. The van der Waals surface area contributed by atoms with Crippen molar-refractivity contribution < 1.29 is 29.0 Å². The Morgan fingerprint density at radius 1 is 0.843 bits per heavy atom. The van der Waals surface area contributed by atoms with E-state index in [4.69, 9.17) is 9.47 Å². The molecule has 1 aromatic carbocycles. The van der Waals surface area contributed by atoms with Crippen LogP contribution in [0.4, 0.5) is 0 Å². The first kappa shape index (κ1) is 36.7. The lowest BCUT2D eigenvalue weighted by atomic mass is 9.33. The molecule has 0 bridgehead atoms. The molecule has 7 heteroatoms. The number of carbonyl (C=O) groups excluding carboxylic acids is 2. The van der Waals surface area contributed by atoms with Crippen LogP contribution in [0.1, 0.15) is 146 Å². The molecule has 7 rings (SSSR count). The predicted molar refractivity (Wildman–Crippen MR) is 198 cm³/mol. The summed E-state index contributed by atoms with van der Waals surface area (Å²) in [5.74, 6) is -0.517. The quantitative estimate of drug-likeness (QED) is 0.224. The summed E-state index contributed by atoms with van der Waals surface area (Å²) in [4.78, 5) is 42.1. The Balaban J connectivity index is 1.15. The van der Waals surface area contributed by atoms with Gasteiger partial charge in [0.15, 0.2) is 0 Å². The van der Waals surface area contributed by atoms with Crippen LogP contribution in [0.2, 0.25) is 0 Å². The van der Waals surface area contributed by atoms with Gasteiger partial charge in [-0.3, -0.25) is 9.69 Å². The Morgan fingerprint density at radius 3 is 2.24 bits per heavy atom. The Bertz CT molecular complexity index is 1590. The molecule has 0 amide bonds. The largest absolute Gasteiger partial charge is 0.478 e. The number of aromatic carboxylic acids is 1. The molecular weight excluding hydrogens is 638 g/mol. The summed E-state index contributed by atoms with van der Waals surface area (Å²) in [5, 5.41) is 9.71. The van der Waals surface area contributed by atoms with Gasteiger partial charge >= 0.3 is 17.9 Å². The van der Waals surface area contributed by atoms with Gasteiger partial charge in [0, 0.05) is 12.0 Å². The second-order valence-electron chi connectivity index (χ2n) is 19.7. The van der Waals surface area contributed by atoms with E-state index in [0.717, 1.165) is 83.8 Å². The second kappa shape index (κ2) is 12.7. The number of carbonyl (C=O) groups is 3. The zero-order valence-corrected chi connectivity index (χ0v) is 32.4. The molecule has 6 aliphatic rings. The molecule has 1 N–H and O–H groups in total. The van der Waals surface area contributed by atoms with Crippen molar-refractivity contribution in [2.75, 3.05) is 26.2 Å². The lowest BCUT2D eigenvalue weighted by molar-refractivity contribution is -0.206. The van der Waals surface area contributed by atoms with E-state index in [9.17, 15) is 19.5 Å². The first-order valence-corrected chi connectivity index (χ1v) is 20.1. The maximum atomic E-state index is 14.3. The smallest absolute Gasteiger partial charge is 0.339 e. The first-order chi connectivity index (χ1) is 24.0. The van der Waals surface area contributed by atoms with Crippen molar-refractivity contribution in [3.8, 4) is 0 Å². The number of hydrogen-bond donors (Lipinski definition) is 1. The standard InChI is InChI=1S/C44H63NO6/c1-39(2)20-22-44(38(49)50-27-26-45-24-10-11-25-45)23-21-42(6)31(32(44)28-39)14-15-34-41(5)18-17-35(40(3,4)33(41)16-19-43(34,42)7)51-37(48)30-13-9-8-12-29(30)36(46)47/h8-9,12-14,32-35H,10-11,15-28H2,1-7H3,(H,46,47)/t32-,33-,34+,35-,41-,42+,43+,44-/m0/s1. The van der Waals surface area contributed by atoms with Crippen LogP contribution < -0.4 is 0 Å². The number of carboxylic acid groups (broad SMARTS) is 1. The van der Waals surface area contributed by atoms with Crippen molar-refractivity contribution in [3.05, 3.63) is 47.0 Å². The van der Waals surface area contributed by atoms with Crippen LogP contribution in [-0.4, -0.2) is 60.3 Å². The van der Waals surface area contributed by atoms with Gasteiger partial charge in [0.25, 0.3) is 0 Å². The minimum absolute atomic E-state index is 0.00924. The molecule has 0 radical (unpaired) electrons. The van der Waals surface area contributed by atoms with Gasteiger partial charge in [0.1, 0.15) is 12.7 Å². The number of ether oxygens (including phenoxy) is 2. The predicted octanol–water partition coefficient (Wildman–Crippen LogP) is 9.35. The third-order valence-corrected chi connectivity index (χ3v) is 16.4. The van der Waals surface area contributed by atoms with E-state index >= 15 is 0 Å². The van der Waals surface area contributed by atoms with Gasteiger partial charge in [-0.2, -0.15) is 0 Å². The van der Waals surface area contributed by atoms with E-state index in [1.165, 1.54) is 18.9 Å². The van der Waals surface area contributed by atoms with Crippen LogP contribution in [0.3, 0.4) is 0 Å². The Hall–Kier alpha value is -2.67. The average Bonchev–Trinajstić information content (AvgIpc) is 3.59. The van der Waals surface area contributed by atoms with Crippen molar-refractivity contribution >= 4 is 17.9 Å². The van der Waals surface area contributed by atoms with Crippen LogP contribution in [-0.2, 0) is 14.3 Å². The fraction of sp³-hybridized carbons (Fsp3) is 0.750. The molecule has 7 nitrogen and oxygen atoms in total. The maximum absolute atomic E-state index is 14.3. The topological polar surface area (TPSA) is 93.1 Å². The van der Waals surface area contributed by atoms with Crippen LogP contribution >= 0.6 is 0 Å². The molecule has 5 aliphatic carbocycles. The Morgan fingerprint density at radius 2 is 1.53 bits per heavy atom. The highest BCUT2D eigenvalue weighted by atomic mass is 16.5. The highest BCUT2D eigenvalue weighted by Crippen LogP contribution is 2.76. The van der Waals surface area contributed by atoms with Gasteiger partial charge in [0.2, 0.25) is 0 Å². The summed E-state index contributed by atoms with van der Waals surface area (Å²) in [6.07, 6.45) is 14.7. The average molecular weight is 702 g/mol. The summed E-state index contributed by atoms with van der Waals surface area (Å²) in [5.41, 5.74) is 1.34. The Kier molecular flexibility index (Phi) is 9.16. The molecule has 0 unspecified atom stereocenters. The van der Waals surface area contributed by atoms with Crippen molar-refractivity contribution in [2.24, 2.45) is 50.2 Å². The number of hydrogen-bond acceptors (Lipinski definition) is 6. The SMILES string of the molecule is CC1(C)CC[C@]2(C(=O)OCCN3CCCC3)CC[C@]3(C)C(=CC[C@@H]4[C@@]5(C)CC[C@H](OC(=O)c6ccccc6C(=O)O)C(C)(C)[C@@H]5CC[C@]43C)[C@@H]2C1. The number of likely N-dealkylation sites (tertiary alicyclic amines) is 1. The van der Waals surface area contributed by atoms with Crippen LogP contribution in [0, 0.1) is 50.2 Å². The zero-order chi connectivity index (χ0) is 36.6. The van der Waals surface area contributed by atoms with Crippen LogP contribution in [0.5, 0.6) is 0 Å². The number of allylic oxidation sites excluding steroid dienone is 2. The molecular formula is C44H63NO6. The van der Waals surface area contributed by atoms with Crippen molar-refractivity contribution in [1.82, 2.24) is 4.90 Å². The molecule has 4 saturated carbocycles. The van der Waals surface area contributed by atoms with Crippen molar-refractivity contribution in [1.29, 1.82) is 0 Å². The highest BCUT2D eigenvalue weighted by molar-refractivity contribution is 6.02. The molecule has 0 spiro atoms. The number of nitrogens with zero attached hydrogens (tertiary/aromatic N) is 1. The van der Waals surface area contributed by atoms with Gasteiger partial charge < -0.3 is 14.6 Å². The minimum atomic E-state index is -1.12. The van der Waals surface area contributed by atoms with E-state index in [0.29, 0.717) is 18.4 Å². The number of rotatable bonds is 7. The van der Waals surface area contributed by atoms with Crippen molar-refractivity contribution in [3.63, 3.8) is 0 Å². The lowest BCUT2D eigenvalue weighted by Gasteiger charge is -2.71. The van der Waals surface area contributed by atoms with Crippen LogP contribution in [0.25, 0.3) is 0 Å². The number of benzene rings is 1. The van der Waals surface area contributed by atoms with Crippen molar-refractivity contribution in [2.45, 2.75) is 132 Å². The number of carboxylic acids is 1. The third-order valence-electron chi connectivity index (χ3n) is 16.4. The molecule has 51 heavy (non-hydrogen) atoms. The molecule has 1 saturated heterocycles. The molecule has 1 aliphatic heterocycles.